The van der Waals surface area contributed by atoms with Crippen molar-refractivity contribution in [3.63, 3.8) is 0 Å². The summed E-state index contributed by atoms with van der Waals surface area (Å²) in [5.74, 6) is 0.887. The van der Waals surface area contributed by atoms with E-state index >= 15 is 0 Å². The molecule has 0 fully saturated rings. The van der Waals surface area contributed by atoms with Crippen LogP contribution in [0.5, 0.6) is 5.75 Å². The molecule has 0 radical (unpaired) electrons. The number of ether oxygens (including phenoxy) is 1. The Morgan fingerprint density at radius 3 is 2.74 bits per heavy atom. The summed E-state index contributed by atoms with van der Waals surface area (Å²) in [6.07, 6.45) is 5.53. The Balaban J connectivity index is 1.65. The van der Waals surface area contributed by atoms with Gasteiger partial charge < -0.3 is 14.7 Å². The lowest BCUT2D eigenvalue weighted by Crippen LogP contribution is -2.20. The lowest BCUT2D eigenvalue weighted by molar-refractivity contribution is 0.408. The zero-order chi connectivity index (χ0) is 15.9. The van der Waals surface area contributed by atoms with E-state index in [4.69, 9.17) is 4.74 Å². The molecule has 0 atom stereocenters. The first-order valence-electron chi connectivity index (χ1n) is 7.50. The van der Waals surface area contributed by atoms with Crippen LogP contribution in [0.1, 0.15) is 11.1 Å². The third kappa shape index (κ3) is 4.11. The van der Waals surface area contributed by atoms with Gasteiger partial charge in [-0.15, -0.1) is 0 Å². The first-order chi connectivity index (χ1) is 11.3. The van der Waals surface area contributed by atoms with Gasteiger partial charge in [-0.1, -0.05) is 24.3 Å². The van der Waals surface area contributed by atoms with Crippen LogP contribution in [0.15, 0.2) is 67.3 Å². The van der Waals surface area contributed by atoms with Crippen LogP contribution in [0.3, 0.4) is 0 Å². The first-order valence-corrected chi connectivity index (χ1v) is 7.50. The summed E-state index contributed by atoms with van der Waals surface area (Å²) in [5, 5.41) is 0. The van der Waals surface area contributed by atoms with Crippen molar-refractivity contribution >= 4 is 5.69 Å². The average Bonchev–Trinajstić information content (AvgIpc) is 3.09. The standard InChI is InChI=1S/C18H20N4O/c1-23-18-8-7-15(11-16(18)13-22-10-9-19-14-22)12-20-21-17-5-3-2-4-6-17/h2-11,14,20-21H,12-13H2,1H3. The number of anilines is 1. The average molecular weight is 308 g/mol. The Labute approximate surface area is 135 Å². The number of hydrogen-bond donors (Lipinski definition) is 2. The van der Waals surface area contributed by atoms with Gasteiger partial charge >= 0.3 is 0 Å². The highest BCUT2D eigenvalue weighted by molar-refractivity contribution is 5.42. The van der Waals surface area contributed by atoms with Gasteiger partial charge in [0, 0.05) is 30.2 Å². The Morgan fingerprint density at radius 1 is 1.13 bits per heavy atom. The highest BCUT2D eigenvalue weighted by Crippen LogP contribution is 2.21. The van der Waals surface area contributed by atoms with Gasteiger partial charge in [0.25, 0.3) is 0 Å². The molecule has 0 bridgehead atoms. The number of nitrogens with one attached hydrogen (secondary N) is 2. The Morgan fingerprint density at radius 2 is 2.00 bits per heavy atom. The van der Waals surface area contributed by atoms with Crippen molar-refractivity contribution in [2.75, 3.05) is 12.5 Å². The number of methoxy groups -OCH3 is 1. The Kier molecular flexibility index (Phi) is 4.91. The van der Waals surface area contributed by atoms with Gasteiger partial charge in [-0.05, 0) is 29.8 Å². The summed E-state index contributed by atoms with van der Waals surface area (Å²) in [7, 11) is 1.70. The van der Waals surface area contributed by atoms with E-state index in [9.17, 15) is 0 Å². The Bertz CT molecular complexity index is 726. The number of hydrogen-bond acceptors (Lipinski definition) is 4. The van der Waals surface area contributed by atoms with Crippen LogP contribution in [-0.4, -0.2) is 16.7 Å². The zero-order valence-electron chi connectivity index (χ0n) is 13.1. The van der Waals surface area contributed by atoms with Crippen molar-refractivity contribution in [1.82, 2.24) is 15.0 Å². The quantitative estimate of drug-likeness (QED) is 0.659. The van der Waals surface area contributed by atoms with Gasteiger partial charge in [0.05, 0.1) is 20.0 Å². The van der Waals surface area contributed by atoms with E-state index in [0.717, 1.165) is 30.1 Å². The lowest BCUT2D eigenvalue weighted by Gasteiger charge is -2.13. The molecule has 0 unspecified atom stereocenters. The van der Waals surface area contributed by atoms with Crippen molar-refractivity contribution in [3.05, 3.63) is 78.4 Å². The molecule has 5 heteroatoms. The predicted octanol–water partition coefficient (Wildman–Crippen LogP) is 3.06. The van der Waals surface area contributed by atoms with E-state index in [1.54, 1.807) is 19.6 Å². The lowest BCUT2D eigenvalue weighted by atomic mass is 10.1. The van der Waals surface area contributed by atoms with Crippen LogP contribution in [-0.2, 0) is 13.1 Å². The van der Waals surface area contributed by atoms with Crippen LogP contribution in [0, 0.1) is 0 Å². The smallest absolute Gasteiger partial charge is 0.123 e. The number of hydrazine groups is 1. The molecule has 3 aromatic rings. The van der Waals surface area contributed by atoms with E-state index in [0.29, 0.717) is 0 Å². The second kappa shape index (κ2) is 7.47. The number of benzene rings is 2. The molecular weight excluding hydrogens is 288 g/mol. The summed E-state index contributed by atoms with van der Waals surface area (Å²) in [4.78, 5) is 4.08. The first kappa shape index (κ1) is 15.1. The van der Waals surface area contributed by atoms with Crippen molar-refractivity contribution in [1.29, 1.82) is 0 Å². The van der Waals surface area contributed by atoms with Gasteiger partial charge in [-0.25, -0.2) is 10.4 Å². The molecule has 5 nitrogen and oxygen atoms in total. The summed E-state index contributed by atoms with van der Waals surface area (Å²) >= 11 is 0. The minimum absolute atomic E-state index is 0.718. The maximum Gasteiger partial charge on any atom is 0.123 e. The molecule has 1 heterocycles. The number of para-hydroxylation sites is 1. The van der Waals surface area contributed by atoms with Gasteiger partial charge in [0.1, 0.15) is 5.75 Å². The normalized spacial score (nSPS) is 10.5. The van der Waals surface area contributed by atoms with Crippen LogP contribution >= 0.6 is 0 Å². The topological polar surface area (TPSA) is 51.1 Å². The SMILES string of the molecule is COc1ccc(CNNc2ccccc2)cc1Cn1ccnc1. The minimum atomic E-state index is 0.718. The molecule has 0 saturated heterocycles. The van der Waals surface area contributed by atoms with Crippen LogP contribution in [0.25, 0.3) is 0 Å². The van der Waals surface area contributed by atoms with Crippen molar-refractivity contribution < 1.29 is 4.74 Å². The molecule has 23 heavy (non-hydrogen) atoms. The zero-order valence-corrected chi connectivity index (χ0v) is 13.1. The summed E-state index contributed by atoms with van der Waals surface area (Å²) < 4.78 is 7.48. The van der Waals surface area contributed by atoms with Gasteiger partial charge in [0.15, 0.2) is 0 Å². The van der Waals surface area contributed by atoms with E-state index in [1.807, 2.05) is 47.2 Å². The molecule has 0 aliphatic heterocycles. The second-order valence-electron chi connectivity index (χ2n) is 5.23. The molecule has 3 rings (SSSR count). The highest BCUT2D eigenvalue weighted by Gasteiger charge is 2.05. The number of aromatic nitrogens is 2. The maximum absolute atomic E-state index is 5.45. The van der Waals surface area contributed by atoms with Crippen molar-refractivity contribution in [2.24, 2.45) is 0 Å². The fraction of sp³-hybridized carbons (Fsp3) is 0.167. The third-order valence-electron chi connectivity index (χ3n) is 3.56. The second-order valence-corrected chi connectivity index (χ2v) is 5.23. The van der Waals surface area contributed by atoms with Gasteiger partial charge in [0.2, 0.25) is 0 Å². The monoisotopic (exact) mass is 308 g/mol. The Hall–Kier alpha value is -2.79. The molecule has 0 amide bonds. The third-order valence-corrected chi connectivity index (χ3v) is 3.56. The molecule has 2 N–H and O–H groups in total. The molecule has 0 saturated carbocycles. The minimum Gasteiger partial charge on any atom is -0.496 e. The molecular formula is C18H20N4O. The fourth-order valence-electron chi connectivity index (χ4n) is 2.41. The number of rotatable bonds is 7. The van der Waals surface area contributed by atoms with E-state index < -0.39 is 0 Å². The van der Waals surface area contributed by atoms with Crippen molar-refractivity contribution in [2.45, 2.75) is 13.1 Å². The molecule has 0 aliphatic rings. The van der Waals surface area contributed by atoms with E-state index in [-0.39, 0.29) is 0 Å². The molecule has 118 valence electrons. The van der Waals surface area contributed by atoms with Crippen molar-refractivity contribution in [3.8, 4) is 5.75 Å². The summed E-state index contributed by atoms with van der Waals surface area (Å²) in [6, 6.07) is 16.3. The maximum atomic E-state index is 5.45. The van der Waals surface area contributed by atoms with E-state index in [1.165, 1.54) is 5.56 Å². The largest absolute Gasteiger partial charge is 0.496 e. The highest BCUT2D eigenvalue weighted by atomic mass is 16.5. The fourth-order valence-corrected chi connectivity index (χ4v) is 2.41. The molecule has 2 aromatic carbocycles. The molecule has 0 aliphatic carbocycles. The number of nitrogens with zero attached hydrogens (tertiary/aromatic N) is 2. The number of imidazole rings is 1. The van der Waals surface area contributed by atoms with Gasteiger partial charge in [-0.2, -0.15) is 0 Å². The molecule has 0 spiro atoms. The van der Waals surface area contributed by atoms with Crippen LogP contribution in [0.2, 0.25) is 0 Å². The predicted molar refractivity (Wildman–Crippen MR) is 91.2 cm³/mol. The van der Waals surface area contributed by atoms with Crippen LogP contribution in [0.4, 0.5) is 5.69 Å². The summed E-state index contributed by atoms with van der Waals surface area (Å²) in [5.41, 5.74) is 9.78. The van der Waals surface area contributed by atoms with E-state index in [2.05, 4.69) is 28.0 Å². The van der Waals surface area contributed by atoms with Gasteiger partial charge in [-0.3, -0.25) is 0 Å². The van der Waals surface area contributed by atoms with Crippen LogP contribution < -0.4 is 15.6 Å². The summed E-state index contributed by atoms with van der Waals surface area (Å²) in [6.45, 7) is 1.46. The molecule has 1 aromatic heterocycles.